The molecule has 28 heavy (non-hydrogen) atoms. The molecule has 0 spiro atoms. The van der Waals surface area contributed by atoms with Crippen molar-refractivity contribution in [3.05, 3.63) is 0 Å². The summed E-state index contributed by atoms with van der Waals surface area (Å²) in [5.41, 5.74) is 0. The molecule has 0 saturated carbocycles. The Labute approximate surface area is 181 Å². The van der Waals surface area contributed by atoms with Crippen molar-refractivity contribution in [2.24, 2.45) is 17.8 Å². The molecule has 0 aliphatic heterocycles. The third-order valence-electron chi connectivity index (χ3n) is 5.93. The maximum absolute atomic E-state index is 4.20. The zero-order chi connectivity index (χ0) is 21.3. The Kier molecular flexibility index (Phi) is 18.1. The van der Waals surface area contributed by atoms with E-state index in [1.165, 1.54) is 102 Å². The molecule has 0 aromatic rings. The molecule has 2 heteroatoms. The Morgan fingerprint density at radius 1 is 0.500 bits per heavy atom. The van der Waals surface area contributed by atoms with E-state index in [2.05, 4.69) is 53.4 Å². The van der Waals surface area contributed by atoms with Gasteiger partial charge in [0.2, 0.25) is 0 Å². The summed E-state index contributed by atoms with van der Waals surface area (Å²) in [5, 5.41) is 0. The Balaban J connectivity index is 3.94. The second-order valence-corrected chi connectivity index (χ2v) is 15.0. The summed E-state index contributed by atoms with van der Waals surface area (Å²) in [7, 11) is -1.33. The minimum absolute atomic E-state index is 0.832. The molecule has 0 unspecified atom stereocenters. The van der Waals surface area contributed by atoms with E-state index in [0.29, 0.717) is 0 Å². The van der Waals surface area contributed by atoms with Gasteiger partial charge in [0, 0.05) is 0 Å². The second-order valence-electron chi connectivity index (χ2n) is 10.9. The number of rotatable bonds is 20. The topological polar surface area (TPSA) is 12.0 Å². The minimum atomic E-state index is -1.33. The summed E-state index contributed by atoms with van der Waals surface area (Å²) in [4.78, 5) is 4.20. The molecular weight excluding hydrogens is 354 g/mol. The van der Waals surface area contributed by atoms with Gasteiger partial charge in [0.25, 0.3) is 0 Å². The lowest BCUT2D eigenvalue weighted by atomic mass is 10.1. The molecular formula is C26H57NSi. The van der Waals surface area contributed by atoms with E-state index in [9.17, 15) is 0 Å². The third-order valence-corrected chi connectivity index (χ3v) is 11.7. The zero-order valence-corrected chi connectivity index (χ0v) is 22.0. The summed E-state index contributed by atoms with van der Waals surface area (Å²) < 4.78 is 0. The highest BCUT2D eigenvalue weighted by Gasteiger charge is 2.34. The van der Waals surface area contributed by atoms with Crippen LogP contribution in [0.15, 0.2) is 0 Å². The highest BCUT2D eigenvalue weighted by Crippen LogP contribution is 2.30. The van der Waals surface area contributed by atoms with Gasteiger partial charge >= 0.3 is 0 Å². The van der Waals surface area contributed by atoms with Crippen molar-refractivity contribution in [2.75, 3.05) is 6.54 Å². The van der Waals surface area contributed by atoms with Gasteiger partial charge in [-0.3, -0.25) is 0 Å². The van der Waals surface area contributed by atoms with Crippen molar-refractivity contribution in [2.45, 2.75) is 144 Å². The lowest BCUT2D eigenvalue weighted by molar-refractivity contribution is 0.541. The Bertz CT molecular complexity index is 298. The van der Waals surface area contributed by atoms with Crippen LogP contribution < -0.4 is 4.98 Å². The fourth-order valence-corrected chi connectivity index (χ4v) is 11.5. The molecule has 0 rings (SSSR count). The van der Waals surface area contributed by atoms with E-state index in [1.807, 2.05) is 0 Å². The summed E-state index contributed by atoms with van der Waals surface area (Å²) in [6.45, 7) is 18.1. The smallest absolute Gasteiger partial charge is 0.126 e. The molecule has 0 heterocycles. The first-order valence-electron chi connectivity index (χ1n) is 13.1. The van der Waals surface area contributed by atoms with E-state index in [1.54, 1.807) is 0 Å². The molecule has 0 radical (unpaired) electrons. The first-order valence-corrected chi connectivity index (χ1v) is 15.7. The molecule has 0 aromatic carbocycles. The van der Waals surface area contributed by atoms with Crippen molar-refractivity contribution in [3.63, 3.8) is 0 Å². The van der Waals surface area contributed by atoms with Crippen LogP contribution >= 0.6 is 0 Å². The van der Waals surface area contributed by atoms with Gasteiger partial charge in [-0.05, 0) is 48.9 Å². The van der Waals surface area contributed by atoms with Gasteiger partial charge in [-0.2, -0.15) is 0 Å². The third kappa shape index (κ3) is 17.1. The first kappa shape index (κ1) is 28.2. The number of hydrogen-bond acceptors (Lipinski definition) is 1. The largest absolute Gasteiger partial charge is 0.337 e. The van der Waals surface area contributed by atoms with Crippen molar-refractivity contribution < 1.29 is 0 Å². The number of hydrogen-bond donors (Lipinski definition) is 1. The summed E-state index contributed by atoms with van der Waals surface area (Å²) >= 11 is 0. The molecule has 0 atom stereocenters. The fraction of sp³-hybridized carbons (Fsp3) is 1.00. The van der Waals surface area contributed by atoms with Crippen LogP contribution in [-0.2, 0) is 0 Å². The highest BCUT2D eigenvalue weighted by molar-refractivity contribution is 6.77. The van der Waals surface area contributed by atoms with Crippen molar-refractivity contribution >= 4 is 8.24 Å². The van der Waals surface area contributed by atoms with Crippen LogP contribution in [0.4, 0.5) is 0 Å². The maximum atomic E-state index is 4.20. The van der Waals surface area contributed by atoms with Crippen molar-refractivity contribution in [1.29, 1.82) is 0 Å². The van der Waals surface area contributed by atoms with Crippen LogP contribution in [0.5, 0.6) is 0 Å². The average molecular weight is 412 g/mol. The maximum Gasteiger partial charge on any atom is 0.126 e. The van der Waals surface area contributed by atoms with Crippen LogP contribution in [0.3, 0.4) is 0 Å². The predicted molar refractivity (Wildman–Crippen MR) is 134 cm³/mol. The van der Waals surface area contributed by atoms with Gasteiger partial charge in [0.1, 0.15) is 8.24 Å². The molecule has 1 N–H and O–H groups in total. The Hall–Kier alpha value is 0.177. The van der Waals surface area contributed by atoms with Gasteiger partial charge < -0.3 is 4.98 Å². The first-order chi connectivity index (χ1) is 13.3. The predicted octanol–water partition coefficient (Wildman–Crippen LogP) is 9.19. The summed E-state index contributed by atoms with van der Waals surface area (Å²) in [5.74, 6) is 2.50. The van der Waals surface area contributed by atoms with Crippen molar-refractivity contribution in [1.82, 2.24) is 4.98 Å². The minimum Gasteiger partial charge on any atom is -0.337 e. The van der Waals surface area contributed by atoms with Gasteiger partial charge in [-0.1, -0.05) is 119 Å². The second kappa shape index (κ2) is 18.0. The van der Waals surface area contributed by atoms with Gasteiger partial charge in [-0.15, -0.1) is 0 Å². The molecule has 0 saturated heterocycles. The highest BCUT2D eigenvalue weighted by atomic mass is 28.3. The average Bonchev–Trinajstić information content (AvgIpc) is 2.57. The zero-order valence-electron chi connectivity index (χ0n) is 21.0. The van der Waals surface area contributed by atoms with Crippen LogP contribution in [-0.4, -0.2) is 14.8 Å². The molecule has 0 bridgehead atoms. The quantitative estimate of drug-likeness (QED) is 0.155. The van der Waals surface area contributed by atoms with Crippen molar-refractivity contribution in [3.8, 4) is 0 Å². The Morgan fingerprint density at radius 3 is 1.14 bits per heavy atom. The van der Waals surface area contributed by atoms with E-state index in [0.717, 1.165) is 17.8 Å². The van der Waals surface area contributed by atoms with Crippen LogP contribution in [0, 0.1) is 17.8 Å². The Morgan fingerprint density at radius 2 is 0.821 bits per heavy atom. The van der Waals surface area contributed by atoms with Gasteiger partial charge in [0.15, 0.2) is 0 Å². The standard InChI is InChI=1S/C26H57NSi/c1-8-9-10-11-12-13-14-15-16-17-18-19-20-27-28(21-24(2)3,22-25(4)5)23-26(6)7/h24-27H,8-23H2,1-7H3. The molecule has 0 aliphatic carbocycles. The molecule has 0 aliphatic rings. The van der Waals surface area contributed by atoms with E-state index in [-0.39, 0.29) is 0 Å². The SMILES string of the molecule is CCCCCCCCCCCCCCN[Si](CC(C)C)(CC(C)C)CC(C)C. The lowest BCUT2D eigenvalue weighted by Crippen LogP contribution is -2.53. The molecule has 170 valence electrons. The molecule has 0 amide bonds. The van der Waals surface area contributed by atoms with Gasteiger partial charge in [0.05, 0.1) is 0 Å². The molecule has 1 nitrogen and oxygen atoms in total. The fourth-order valence-electron chi connectivity index (χ4n) is 5.13. The van der Waals surface area contributed by atoms with E-state index in [4.69, 9.17) is 0 Å². The van der Waals surface area contributed by atoms with Gasteiger partial charge in [-0.25, -0.2) is 0 Å². The normalized spacial score (nSPS) is 12.6. The number of nitrogens with one attached hydrogen (secondary N) is 1. The molecule has 0 fully saturated rings. The lowest BCUT2D eigenvalue weighted by Gasteiger charge is -2.37. The van der Waals surface area contributed by atoms with E-state index >= 15 is 0 Å². The monoisotopic (exact) mass is 411 g/mol. The van der Waals surface area contributed by atoms with Crippen LogP contribution in [0.2, 0.25) is 18.1 Å². The van der Waals surface area contributed by atoms with Crippen LogP contribution in [0.1, 0.15) is 126 Å². The van der Waals surface area contributed by atoms with E-state index < -0.39 is 8.24 Å². The molecule has 0 aromatic heterocycles. The number of unbranched alkanes of at least 4 members (excludes halogenated alkanes) is 11. The summed E-state index contributed by atoms with van der Waals surface area (Å²) in [6, 6.07) is 4.38. The van der Waals surface area contributed by atoms with Crippen LogP contribution in [0.25, 0.3) is 0 Å². The summed E-state index contributed by atoms with van der Waals surface area (Å²) in [6.07, 6.45) is 17.3.